The highest BCUT2D eigenvalue weighted by molar-refractivity contribution is 5.87. The van der Waals surface area contributed by atoms with Crippen LogP contribution in [0.2, 0.25) is 0 Å². The number of aliphatic carboxylic acids is 1. The Morgan fingerprint density at radius 3 is 1.34 bits per heavy atom. The summed E-state index contributed by atoms with van der Waals surface area (Å²) in [7, 11) is 1.33. The Morgan fingerprint density at radius 1 is 0.683 bits per heavy atom. The maximum Gasteiger partial charge on any atom is 0.333 e. The number of rotatable bonds is 17. The summed E-state index contributed by atoms with van der Waals surface area (Å²) in [5.74, 6) is -1.88. The van der Waals surface area contributed by atoms with E-state index in [1.54, 1.807) is 20.8 Å². The molecule has 0 aromatic carbocycles. The Bertz CT molecular complexity index is 811. The lowest BCUT2D eigenvalue weighted by molar-refractivity contribution is -0.140. The van der Waals surface area contributed by atoms with Crippen molar-refractivity contribution in [3.05, 3.63) is 48.6 Å². The topological polar surface area (TPSA) is 129 Å². The Balaban J connectivity index is -0.000000525. The smallest absolute Gasteiger partial charge is 0.333 e. The molecule has 1 atom stereocenters. The van der Waals surface area contributed by atoms with Gasteiger partial charge in [-0.2, -0.15) is 0 Å². The van der Waals surface area contributed by atoms with Gasteiger partial charge >= 0.3 is 23.9 Å². The molecule has 0 aromatic heterocycles. The SMILES string of the molecule is C=C(C)C(=O)O.C=C(C)C(=O)OC.C=C(C)C(=O)OCC1CO1.C=C(C)C(=O)OCCCCCCCCCCCC. The van der Waals surface area contributed by atoms with Gasteiger partial charge in [0, 0.05) is 22.3 Å². The van der Waals surface area contributed by atoms with Crippen molar-refractivity contribution in [2.45, 2.75) is 105 Å². The van der Waals surface area contributed by atoms with Crippen molar-refractivity contribution in [1.82, 2.24) is 0 Å². The first-order chi connectivity index (χ1) is 19.2. The summed E-state index contributed by atoms with van der Waals surface area (Å²) < 4.78 is 18.9. The number of unbranched alkanes of at least 4 members (excludes halogenated alkanes) is 9. The minimum atomic E-state index is -0.935. The third-order valence-electron chi connectivity index (χ3n) is 5.13. The Morgan fingerprint density at radius 2 is 1.05 bits per heavy atom. The number of esters is 3. The number of methoxy groups -OCH3 is 1. The van der Waals surface area contributed by atoms with Gasteiger partial charge < -0.3 is 24.1 Å². The number of epoxide rings is 1. The first-order valence-corrected chi connectivity index (χ1v) is 14.1. The lowest BCUT2D eigenvalue weighted by Gasteiger charge is -2.04. The van der Waals surface area contributed by atoms with Crippen LogP contribution in [0.4, 0.5) is 0 Å². The molecule has 0 bridgehead atoms. The summed E-state index contributed by atoms with van der Waals surface area (Å²) in [6.07, 6.45) is 13.1. The second-order valence-electron chi connectivity index (χ2n) is 9.79. The molecule has 1 aliphatic heterocycles. The fraction of sp³-hybridized carbons (Fsp3) is 0.625. The number of carbonyl (C=O) groups excluding carboxylic acids is 3. The number of ether oxygens (including phenoxy) is 4. The highest BCUT2D eigenvalue weighted by atomic mass is 16.6. The summed E-state index contributed by atoms with van der Waals surface area (Å²) in [6, 6.07) is 0. The summed E-state index contributed by atoms with van der Waals surface area (Å²) in [5, 5.41) is 7.89. The van der Waals surface area contributed by atoms with E-state index >= 15 is 0 Å². The van der Waals surface area contributed by atoms with Crippen molar-refractivity contribution in [2.75, 3.05) is 26.9 Å². The van der Waals surface area contributed by atoms with E-state index in [1.165, 1.54) is 71.8 Å². The van der Waals surface area contributed by atoms with Gasteiger partial charge in [-0.1, -0.05) is 91.0 Å². The Labute approximate surface area is 247 Å². The lowest BCUT2D eigenvalue weighted by atomic mass is 10.1. The van der Waals surface area contributed by atoms with Crippen LogP contribution in [0.25, 0.3) is 0 Å². The molecule has 1 unspecified atom stereocenters. The van der Waals surface area contributed by atoms with Crippen LogP contribution in [0.5, 0.6) is 0 Å². The van der Waals surface area contributed by atoms with Crippen LogP contribution < -0.4 is 0 Å². The van der Waals surface area contributed by atoms with Crippen LogP contribution in [-0.2, 0) is 38.1 Å². The summed E-state index contributed by atoms with van der Waals surface area (Å²) in [5.41, 5.74) is 1.53. The van der Waals surface area contributed by atoms with Crippen LogP contribution >= 0.6 is 0 Å². The second-order valence-corrected chi connectivity index (χ2v) is 9.79. The van der Waals surface area contributed by atoms with E-state index in [1.807, 2.05) is 0 Å². The zero-order valence-electron chi connectivity index (χ0n) is 26.3. The quantitative estimate of drug-likeness (QED) is 0.0639. The van der Waals surface area contributed by atoms with Gasteiger partial charge in [-0.15, -0.1) is 0 Å². The fourth-order valence-corrected chi connectivity index (χ4v) is 2.51. The van der Waals surface area contributed by atoms with Gasteiger partial charge in [0.2, 0.25) is 0 Å². The van der Waals surface area contributed by atoms with E-state index in [0.717, 1.165) is 6.42 Å². The monoisotopic (exact) mass is 582 g/mol. The van der Waals surface area contributed by atoms with Crippen molar-refractivity contribution in [2.24, 2.45) is 0 Å². The maximum absolute atomic E-state index is 11.1. The number of carboxylic acids is 1. The molecule has 41 heavy (non-hydrogen) atoms. The molecule has 0 aliphatic carbocycles. The fourth-order valence-electron chi connectivity index (χ4n) is 2.51. The van der Waals surface area contributed by atoms with E-state index in [0.29, 0.717) is 36.5 Å². The molecule has 1 rings (SSSR count). The predicted octanol–water partition coefficient (Wildman–Crippen LogP) is 6.91. The van der Waals surface area contributed by atoms with Gasteiger partial charge in [0.05, 0.1) is 20.3 Å². The summed E-state index contributed by atoms with van der Waals surface area (Å²) in [4.78, 5) is 41.6. The zero-order chi connectivity index (χ0) is 32.2. The molecule has 9 nitrogen and oxygen atoms in total. The molecule has 1 saturated heterocycles. The molecule has 0 saturated carbocycles. The second kappa shape index (κ2) is 28.3. The van der Waals surface area contributed by atoms with E-state index in [9.17, 15) is 19.2 Å². The highest BCUT2D eigenvalue weighted by Gasteiger charge is 2.24. The molecular formula is C32H54O9. The first-order valence-electron chi connectivity index (χ1n) is 14.1. The number of carbonyl (C=O) groups is 4. The van der Waals surface area contributed by atoms with Gasteiger partial charge in [0.15, 0.2) is 0 Å². The molecule has 236 valence electrons. The van der Waals surface area contributed by atoms with E-state index in [-0.39, 0.29) is 29.6 Å². The van der Waals surface area contributed by atoms with Crippen LogP contribution in [0.15, 0.2) is 48.6 Å². The van der Waals surface area contributed by atoms with Gasteiger partial charge in [-0.05, 0) is 34.1 Å². The maximum atomic E-state index is 11.1. The standard InChI is InChI=1S/C16H30O2.C7H10O3.C5H8O2.C4H6O2/c1-4-5-6-7-8-9-10-11-12-13-14-18-16(17)15(2)3;1-5(2)7(8)10-4-6-3-9-6;1-4(2)5(6)7-3;1-3(2)4(5)6/h2,4-14H2,1,3H3;6H,1,3-4H2,2H3;1H2,2-3H3;1H2,2H3,(H,5,6). The molecule has 1 fully saturated rings. The summed E-state index contributed by atoms with van der Waals surface area (Å²) in [6.45, 7) is 23.7. The van der Waals surface area contributed by atoms with Crippen molar-refractivity contribution in [1.29, 1.82) is 0 Å². The van der Waals surface area contributed by atoms with Crippen molar-refractivity contribution in [3.63, 3.8) is 0 Å². The van der Waals surface area contributed by atoms with E-state index in [2.05, 4.69) is 38.0 Å². The van der Waals surface area contributed by atoms with Crippen LogP contribution in [0.3, 0.4) is 0 Å². The molecular weight excluding hydrogens is 528 g/mol. The van der Waals surface area contributed by atoms with Crippen molar-refractivity contribution in [3.8, 4) is 0 Å². The van der Waals surface area contributed by atoms with Crippen molar-refractivity contribution >= 4 is 23.9 Å². The molecule has 0 spiro atoms. The first kappa shape index (κ1) is 42.3. The van der Waals surface area contributed by atoms with Gasteiger partial charge in [0.1, 0.15) is 12.7 Å². The Hall–Kier alpha value is -3.20. The third-order valence-corrected chi connectivity index (χ3v) is 5.13. The van der Waals surface area contributed by atoms with E-state index in [4.69, 9.17) is 19.3 Å². The van der Waals surface area contributed by atoms with Crippen molar-refractivity contribution < 1.29 is 43.2 Å². The average molecular weight is 583 g/mol. The molecule has 0 amide bonds. The van der Waals surface area contributed by atoms with Gasteiger partial charge in [0.25, 0.3) is 0 Å². The van der Waals surface area contributed by atoms with Crippen LogP contribution in [0.1, 0.15) is 98.8 Å². The minimum Gasteiger partial charge on any atom is -0.478 e. The van der Waals surface area contributed by atoms with Gasteiger partial charge in [-0.25, -0.2) is 19.2 Å². The highest BCUT2D eigenvalue weighted by Crippen LogP contribution is 2.11. The normalized spacial score (nSPS) is 12.3. The molecule has 0 aromatic rings. The average Bonchev–Trinajstić information content (AvgIpc) is 3.75. The van der Waals surface area contributed by atoms with E-state index < -0.39 is 5.97 Å². The lowest BCUT2D eigenvalue weighted by Crippen LogP contribution is -2.09. The predicted molar refractivity (Wildman–Crippen MR) is 162 cm³/mol. The molecule has 1 heterocycles. The molecule has 0 radical (unpaired) electrons. The van der Waals surface area contributed by atoms with Gasteiger partial charge in [-0.3, -0.25) is 0 Å². The largest absolute Gasteiger partial charge is 0.478 e. The minimum absolute atomic E-state index is 0.142. The van der Waals surface area contributed by atoms with Crippen LogP contribution in [-0.4, -0.2) is 62.0 Å². The molecule has 1 aliphatic rings. The number of hydrogen-bond donors (Lipinski definition) is 1. The third kappa shape index (κ3) is 34.8. The number of hydrogen-bond acceptors (Lipinski definition) is 8. The molecule has 1 N–H and O–H groups in total. The van der Waals surface area contributed by atoms with Crippen LogP contribution in [0, 0.1) is 0 Å². The zero-order valence-corrected chi connectivity index (χ0v) is 26.3. The number of carboxylic acid groups (broad SMARTS) is 1. The summed E-state index contributed by atoms with van der Waals surface area (Å²) >= 11 is 0. The molecule has 9 heteroatoms. The Kier molecular flexibility index (Phi) is 29.2.